The van der Waals surface area contributed by atoms with Crippen molar-refractivity contribution in [3.05, 3.63) is 30.2 Å². The van der Waals surface area contributed by atoms with Crippen LogP contribution in [0, 0.1) is 0 Å². The number of benzene rings is 1. The second-order valence-electron chi connectivity index (χ2n) is 6.34. The van der Waals surface area contributed by atoms with Crippen LogP contribution >= 0.6 is 21.6 Å². The van der Waals surface area contributed by atoms with Gasteiger partial charge in [-0.3, -0.25) is 0 Å². The van der Waals surface area contributed by atoms with Crippen LogP contribution in [0.3, 0.4) is 0 Å². The van der Waals surface area contributed by atoms with Crippen molar-refractivity contribution >= 4 is 32.7 Å². The molecule has 0 fully saturated rings. The summed E-state index contributed by atoms with van der Waals surface area (Å²) in [4.78, 5) is 4.51. The summed E-state index contributed by atoms with van der Waals surface area (Å²) < 4.78 is 5.73. The van der Waals surface area contributed by atoms with Gasteiger partial charge in [0.05, 0.1) is 5.75 Å². The van der Waals surface area contributed by atoms with Gasteiger partial charge in [0.25, 0.3) is 0 Å². The molecule has 4 heteroatoms. The van der Waals surface area contributed by atoms with Crippen molar-refractivity contribution in [3.8, 4) is 0 Å². The number of rotatable bonds is 14. The topological polar surface area (TPSA) is 26.0 Å². The summed E-state index contributed by atoms with van der Waals surface area (Å²) in [5.74, 6) is 2.94. The average Bonchev–Trinajstić information content (AvgIpc) is 3.02. The fourth-order valence-corrected chi connectivity index (χ4v) is 4.79. The summed E-state index contributed by atoms with van der Waals surface area (Å²) in [5.41, 5.74) is 1.86. The molecule has 0 aliphatic heterocycles. The van der Waals surface area contributed by atoms with E-state index in [4.69, 9.17) is 4.42 Å². The molecule has 1 heterocycles. The molecule has 0 bridgehead atoms. The SMILES string of the molecule is CCCCCCCCCCCCSSCc1nc2ccccc2o1. The molecule has 0 saturated carbocycles. The first kappa shape index (κ1) is 19.7. The molecular weight excluding hydrogens is 334 g/mol. The molecule has 0 aliphatic carbocycles. The van der Waals surface area contributed by atoms with Gasteiger partial charge in [0.2, 0.25) is 5.89 Å². The van der Waals surface area contributed by atoms with Gasteiger partial charge in [-0.15, -0.1) is 0 Å². The van der Waals surface area contributed by atoms with E-state index in [9.17, 15) is 0 Å². The first-order chi connectivity index (χ1) is 11.9. The van der Waals surface area contributed by atoms with E-state index in [1.165, 1.54) is 70.0 Å². The van der Waals surface area contributed by atoms with Gasteiger partial charge >= 0.3 is 0 Å². The fourth-order valence-electron chi connectivity index (χ4n) is 2.78. The highest BCUT2D eigenvalue weighted by atomic mass is 33.1. The molecule has 0 saturated heterocycles. The zero-order valence-electron chi connectivity index (χ0n) is 15.0. The molecule has 0 atom stereocenters. The van der Waals surface area contributed by atoms with Crippen molar-refractivity contribution < 1.29 is 4.42 Å². The Morgan fingerprint density at radius 1 is 0.833 bits per heavy atom. The maximum atomic E-state index is 5.73. The van der Waals surface area contributed by atoms with Crippen molar-refractivity contribution in [2.24, 2.45) is 0 Å². The van der Waals surface area contributed by atoms with E-state index in [-0.39, 0.29) is 0 Å². The lowest BCUT2D eigenvalue weighted by Gasteiger charge is -2.02. The standard InChI is InChI=1S/C20H31NOS2/c1-2-3-4-5-6-7-8-9-10-13-16-23-24-17-20-21-18-14-11-12-15-19(18)22-20/h11-12,14-15H,2-10,13,16-17H2,1H3. The molecule has 0 amide bonds. The summed E-state index contributed by atoms with van der Waals surface area (Å²) in [7, 11) is 3.81. The fraction of sp³-hybridized carbons (Fsp3) is 0.650. The third-order valence-electron chi connectivity index (χ3n) is 4.19. The minimum atomic E-state index is 0.844. The van der Waals surface area contributed by atoms with Crippen molar-refractivity contribution in [2.45, 2.75) is 76.9 Å². The minimum Gasteiger partial charge on any atom is -0.440 e. The molecule has 0 radical (unpaired) electrons. The monoisotopic (exact) mass is 365 g/mol. The van der Waals surface area contributed by atoms with Gasteiger partial charge in [-0.25, -0.2) is 4.98 Å². The number of aromatic nitrogens is 1. The van der Waals surface area contributed by atoms with Crippen molar-refractivity contribution in [2.75, 3.05) is 5.75 Å². The lowest BCUT2D eigenvalue weighted by atomic mass is 10.1. The van der Waals surface area contributed by atoms with Crippen molar-refractivity contribution in [3.63, 3.8) is 0 Å². The predicted octanol–water partition coefficient (Wildman–Crippen LogP) is 7.63. The Morgan fingerprint density at radius 3 is 2.21 bits per heavy atom. The Morgan fingerprint density at radius 2 is 1.50 bits per heavy atom. The zero-order chi connectivity index (χ0) is 16.9. The van der Waals surface area contributed by atoms with Gasteiger partial charge in [0.15, 0.2) is 5.58 Å². The predicted molar refractivity (Wildman–Crippen MR) is 110 cm³/mol. The number of unbranched alkanes of at least 4 members (excludes halogenated alkanes) is 9. The van der Waals surface area contributed by atoms with Gasteiger partial charge in [-0.2, -0.15) is 0 Å². The molecule has 0 N–H and O–H groups in total. The van der Waals surface area contributed by atoms with Crippen LogP contribution < -0.4 is 0 Å². The Kier molecular flexibility index (Phi) is 10.4. The smallest absolute Gasteiger partial charge is 0.206 e. The molecule has 134 valence electrons. The summed E-state index contributed by atoms with van der Waals surface area (Å²) in [6.07, 6.45) is 14.1. The second kappa shape index (κ2) is 12.7. The number of oxazole rings is 1. The van der Waals surface area contributed by atoms with Gasteiger partial charge in [0.1, 0.15) is 5.52 Å². The van der Waals surface area contributed by atoms with Crippen LogP contribution in [-0.4, -0.2) is 10.7 Å². The largest absolute Gasteiger partial charge is 0.440 e. The zero-order valence-corrected chi connectivity index (χ0v) is 16.6. The Hall–Kier alpha value is -0.610. The highest BCUT2D eigenvalue weighted by Crippen LogP contribution is 2.28. The number of hydrogen-bond donors (Lipinski definition) is 0. The maximum absolute atomic E-state index is 5.73. The third-order valence-corrected chi connectivity index (χ3v) is 6.53. The number of hydrogen-bond acceptors (Lipinski definition) is 4. The van der Waals surface area contributed by atoms with Crippen LogP contribution in [0.25, 0.3) is 11.1 Å². The maximum Gasteiger partial charge on any atom is 0.206 e. The second-order valence-corrected chi connectivity index (χ2v) is 8.92. The quantitative estimate of drug-likeness (QED) is 0.254. The molecule has 2 aromatic rings. The molecule has 2 rings (SSSR count). The van der Waals surface area contributed by atoms with E-state index in [0.29, 0.717) is 0 Å². The van der Waals surface area contributed by atoms with E-state index in [1.807, 2.05) is 45.9 Å². The van der Waals surface area contributed by atoms with Gasteiger partial charge < -0.3 is 4.42 Å². The first-order valence-electron chi connectivity index (χ1n) is 9.49. The Balaban J connectivity index is 1.39. The van der Waals surface area contributed by atoms with E-state index >= 15 is 0 Å². The minimum absolute atomic E-state index is 0.844. The van der Waals surface area contributed by atoms with Crippen molar-refractivity contribution in [1.82, 2.24) is 4.98 Å². The van der Waals surface area contributed by atoms with E-state index < -0.39 is 0 Å². The molecule has 2 nitrogen and oxygen atoms in total. The number of para-hydroxylation sites is 2. The van der Waals surface area contributed by atoms with Crippen LogP contribution in [0.15, 0.2) is 28.7 Å². The highest BCUT2D eigenvalue weighted by molar-refractivity contribution is 8.76. The van der Waals surface area contributed by atoms with Crippen LogP contribution in [0.4, 0.5) is 0 Å². The van der Waals surface area contributed by atoms with Crippen LogP contribution in [0.1, 0.15) is 77.0 Å². The summed E-state index contributed by atoms with van der Waals surface area (Å²) in [6, 6.07) is 7.98. The van der Waals surface area contributed by atoms with Crippen LogP contribution in [-0.2, 0) is 5.75 Å². The molecule has 1 aromatic heterocycles. The lowest BCUT2D eigenvalue weighted by molar-refractivity contribution is 0.556. The van der Waals surface area contributed by atoms with Gasteiger partial charge in [0, 0.05) is 5.75 Å². The molecule has 0 unspecified atom stereocenters. The molecule has 24 heavy (non-hydrogen) atoms. The van der Waals surface area contributed by atoms with Gasteiger partial charge in [-0.1, -0.05) is 98.4 Å². The first-order valence-corrected chi connectivity index (χ1v) is 12.0. The highest BCUT2D eigenvalue weighted by Gasteiger charge is 2.04. The molecule has 0 spiro atoms. The van der Waals surface area contributed by atoms with Crippen molar-refractivity contribution in [1.29, 1.82) is 0 Å². The van der Waals surface area contributed by atoms with Crippen LogP contribution in [0.2, 0.25) is 0 Å². The lowest BCUT2D eigenvalue weighted by Crippen LogP contribution is -1.83. The van der Waals surface area contributed by atoms with E-state index in [2.05, 4.69) is 11.9 Å². The summed E-state index contributed by atoms with van der Waals surface area (Å²) in [5, 5.41) is 0. The molecule has 1 aromatic carbocycles. The Bertz CT molecular complexity index is 522. The van der Waals surface area contributed by atoms with Crippen LogP contribution in [0.5, 0.6) is 0 Å². The average molecular weight is 366 g/mol. The molecule has 0 aliphatic rings. The normalized spacial score (nSPS) is 11.4. The Labute approximate surface area is 155 Å². The molecular formula is C20H31NOS2. The number of nitrogens with zero attached hydrogens (tertiary/aromatic N) is 1. The third kappa shape index (κ3) is 7.98. The number of fused-ring (bicyclic) bond motifs is 1. The summed E-state index contributed by atoms with van der Waals surface area (Å²) >= 11 is 0. The van der Waals surface area contributed by atoms with E-state index in [1.54, 1.807) is 0 Å². The van der Waals surface area contributed by atoms with E-state index in [0.717, 1.165) is 22.7 Å². The van der Waals surface area contributed by atoms with Gasteiger partial charge in [-0.05, 0) is 18.6 Å². The summed E-state index contributed by atoms with van der Waals surface area (Å²) in [6.45, 7) is 2.28.